The molecule has 32 heavy (non-hydrogen) atoms. The zero-order valence-electron chi connectivity index (χ0n) is 17.6. The fourth-order valence-electron chi connectivity index (χ4n) is 2.77. The molecule has 0 saturated heterocycles. The first-order chi connectivity index (χ1) is 15.5. The van der Waals surface area contributed by atoms with Crippen LogP contribution >= 0.6 is 38.5 Å². The van der Waals surface area contributed by atoms with Crippen molar-refractivity contribution in [1.82, 2.24) is 5.43 Å². The summed E-state index contributed by atoms with van der Waals surface area (Å²) in [6, 6.07) is 18.7. The summed E-state index contributed by atoms with van der Waals surface area (Å²) in [5, 5.41) is 4.06. The molecule has 0 spiro atoms. The number of nitrogens with zero attached hydrogens (tertiary/aromatic N) is 1. The average molecular weight is 609 g/mol. The molecule has 0 saturated carbocycles. The van der Waals surface area contributed by atoms with Gasteiger partial charge in [-0.05, 0) is 89.2 Å². The molecular formula is C24H22BrIN2O4. The van der Waals surface area contributed by atoms with Crippen molar-refractivity contribution in [3.05, 3.63) is 85.4 Å². The van der Waals surface area contributed by atoms with E-state index in [1.54, 1.807) is 25.5 Å². The maximum atomic E-state index is 12.3. The molecule has 1 N–H and O–H groups in total. The molecule has 6 nitrogen and oxygen atoms in total. The highest BCUT2D eigenvalue weighted by molar-refractivity contribution is 14.1. The van der Waals surface area contributed by atoms with Crippen molar-refractivity contribution in [1.29, 1.82) is 0 Å². The van der Waals surface area contributed by atoms with Gasteiger partial charge in [0.05, 0.1) is 23.5 Å². The van der Waals surface area contributed by atoms with E-state index in [0.29, 0.717) is 36.0 Å². The Kier molecular flexibility index (Phi) is 8.92. The Morgan fingerprint density at radius 3 is 2.53 bits per heavy atom. The van der Waals surface area contributed by atoms with Gasteiger partial charge in [-0.3, -0.25) is 4.79 Å². The van der Waals surface area contributed by atoms with E-state index in [0.717, 1.165) is 19.2 Å². The highest BCUT2D eigenvalue weighted by atomic mass is 127. The Bertz CT molecular complexity index is 1100. The normalized spacial score (nSPS) is 10.8. The lowest BCUT2D eigenvalue weighted by Crippen LogP contribution is -2.17. The first-order valence-electron chi connectivity index (χ1n) is 9.81. The van der Waals surface area contributed by atoms with Crippen molar-refractivity contribution in [3.63, 3.8) is 0 Å². The first-order valence-corrected chi connectivity index (χ1v) is 11.7. The summed E-state index contributed by atoms with van der Waals surface area (Å²) in [6.07, 6.45) is 1.56. The molecule has 0 radical (unpaired) electrons. The van der Waals surface area contributed by atoms with E-state index in [1.165, 1.54) is 0 Å². The van der Waals surface area contributed by atoms with Crippen LogP contribution in [-0.2, 0) is 6.61 Å². The van der Waals surface area contributed by atoms with Gasteiger partial charge < -0.3 is 14.2 Å². The number of methoxy groups -OCH3 is 1. The van der Waals surface area contributed by atoms with Crippen molar-refractivity contribution in [2.45, 2.75) is 13.5 Å². The number of amides is 1. The minimum atomic E-state index is -0.324. The van der Waals surface area contributed by atoms with Crippen molar-refractivity contribution in [3.8, 4) is 17.2 Å². The van der Waals surface area contributed by atoms with E-state index in [-0.39, 0.29) is 5.91 Å². The summed E-state index contributed by atoms with van der Waals surface area (Å²) < 4.78 is 18.9. The second-order valence-corrected chi connectivity index (χ2v) is 8.68. The van der Waals surface area contributed by atoms with Gasteiger partial charge in [0.2, 0.25) is 0 Å². The Labute approximate surface area is 209 Å². The molecule has 0 unspecified atom stereocenters. The van der Waals surface area contributed by atoms with E-state index < -0.39 is 0 Å². The maximum absolute atomic E-state index is 12.3. The minimum absolute atomic E-state index is 0.324. The van der Waals surface area contributed by atoms with Crippen LogP contribution in [0.15, 0.2) is 70.2 Å². The summed E-state index contributed by atoms with van der Waals surface area (Å²) in [7, 11) is 1.57. The molecule has 0 heterocycles. The summed E-state index contributed by atoms with van der Waals surface area (Å²) in [6.45, 7) is 2.84. The smallest absolute Gasteiger partial charge is 0.271 e. The van der Waals surface area contributed by atoms with Crippen molar-refractivity contribution < 1.29 is 19.0 Å². The molecule has 0 aliphatic carbocycles. The van der Waals surface area contributed by atoms with Crippen LogP contribution in [0.2, 0.25) is 0 Å². The van der Waals surface area contributed by atoms with Crippen LogP contribution < -0.4 is 19.6 Å². The second-order valence-electron chi connectivity index (χ2n) is 6.60. The number of nitrogens with one attached hydrogen (secondary N) is 1. The number of rotatable bonds is 9. The molecule has 0 aliphatic heterocycles. The van der Waals surface area contributed by atoms with Crippen LogP contribution in [0.3, 0.4) is 0 Å². The molecule has 0 bridgehead atoms. The van der Waals surface area contributed by atoms with Gasteiger partial charge in [0.1, 0.15) is 12.4 Å². The van der Waals surface area contributed by atoms with E-state index in [4.69, 9.17) is 14.2 Å². The first kappa shape index (κ1) is 24.1. The van der Waals surface area contributed by atoms with E-state index >= 15 is 0 Å². The van der Waals surface area contributed by atoms with Gasteiger partial charge in [-0.25, -0.2) is 5.43 Å². The summed E-state index contributed by atoms with van der Waals surface area (Å²) in [5.74, 6) is 1.57. The predicted molar refractivity (Wildman–Crippen MR) is 137 cm³/mol. The molecule has 3 rings (SSSR count). The third-order valence-electron chi connectivity index (χ3n) is 4.37. The molecule has 8 heteroatoms. The molecule has 3 aromatic carbocycles. The SMILES string of the molecule is CCOc1cc(/C=N\NC(=O)c2ccc(I)c(OC)c2)ccc1OCc1ccc(Br)cc1. The van der Waals surface area contributed by atoms with Gasteiger partial charge in [0.15, 0.2) is 11.5 Å². The number of carbonyl (C=O) groups is 1. The molecule has 3 aromatic rings. The van der Waals surface area contributed by atoms with Crippen LogP contribution in [-0.4, -0.2) is 25.8 Å². The number of hydrogen-bond acceptors (Lipinski definition) is 5. The molecule has 166 valence electrons. The lowest BCUT2D eigenvalue weighted by Gasteiger charge is -2.12. The van der Waals surface area contributed by atoms with Crippen molar-refractivity contribution in [2.24, 2.45) is 5.10 Å². The fraction of sp³-hybridized carbons (Fsp3) is 0.167. The monoisotopic (exact) mass is 608 g/mol. The molecule has 0 aromatic heterocycles. The molecule has 0 atom stereocenters. The largest absolute Gasteiger partial charge is 0.496 e. The third kappa shape index (κ3) is 6.70. The van der Waals surface area contributed by atoms with Crippen LogP contribution in [0.25, 0.3) is 0 Å². The number of hydrogen-bond donors (Lipinski definition) is 1. The molecule has 0 aliphatic rings. The quantitative estimate of drug-likeness (QED) is 0.189. The van der Waals surface area contributed by atoms with Gasteiger partial charge in [0.25, 0.3) is 5.91 Å². The Morgan fingerprint density at radius 2 is 1.81 bits per heavy atom. The van der Waals surface area contributed by atoms with E-state index in [1.807, 2.05) is 55.5 Å². The van der Waals surface area contributed by atoms with E-state index in [9.17, 15) is 4.79 Å². The molecular weight excluding hydrogens is 587 g/mol. The van der Waals surface area contributed by atoms with Gasteiger partial charge in [0, 0.05) is 10.0 Å². The summed E-state index contributed by atoms with van der Waals surface area (Å²) >= 11 is 5.58. The van der Waals surface area contributed by atoms with Crippen LogP contribution in [0.4, 0.5) is 0 Å². The zero-order valence-corrected chi connectivity index (χ0v) is 21.3. The number of benzene rings is 3. The highest BCUT2D eigenvalue weighted by Crippen LogP contribution is 2.29. The van der Waals surface area contributed by atoms with Crippen LogP contribution in [0.1, 0.15) is 28.4 Å². The van der Waals surface area contributed by atoms with Crippen LogP contribution in [0, 0.1) is 3.57 Å². The molecule has 0 fully saturated rings. The second kappa shape index (κ2) is 11.9. The molecule has 1 amide bonds. The number of carbonyl (C=O) groups excluding carboxylic acids is 1. The Morgan fingerprint density at radius 1 is 1.03 bits per heavy atom. The summed E-state index contributed by atoms with van der Waals surface area (Å²) in [5.41, 5.74) is 4.82. The zero-order chi connectivity index (χ0) is 22.9. The lowest BCUT2D eigenvalue weighted by molar-refractivity contribution is 0.0954. The maximum Gasteiger partial charge on any atom is 0.271 e. The fourth-order valence-corrected chi connectivity index (χ4v) is 3.59. The number of halogens is 2. The highest BCUT2D eigenvalue weighted by Gasteiger charge is 2.09. The number of hydrazone groups is 1. The average Bonchev–Trinajstić information content (AvgIpc) is 2.80. The van der Waals surface area contributed by atoms with Gasteiger partial charge in [-0.1, -0.05) is 28.1 Å². The van der Waals surface area contributed by atoms with Crippen LogP contribution in [0.5, 0.6) is 17.2 Å². The lowest BCUT2D eigenvalue weighted by atomic mass is 10.2. The van der Waals surface area contributed by atoms with E-state index in [2.05, 4.69) is 49.0 Å². The summed E-state index contributed by atoms with van der Waals surface area (Å²) in [4.78, 5) is 12.3. The standard InChI is InChI=1S/C24H22BrIN2O4/c1-3-31-23-12-17(6-11-21(23)32-15-16-4-8-19(25)9-5-16)14-27-28-24(29)18-7-10-20(26)22(13-18)30-2/h4-14H,3,15H2,1-2H3,(H,28,29)/b27-14-. The predicted octanol–water partition coefficient (Wildman–Crippen LogP) is 5.80. The van der Waals surface area contributed by atoms with Crippen molar-refractivity contribution >= 4 is 50.6 Å². The van der Waals surface area contributed by atoms with Gasteiger partial charge in [-0.15, -0.1) is 0 Å². The number of ether oxygens (including phenoxy) is 3. The Hall–Kier alpha value is -2.59. The minimum Gasteiger partial charge on any atom is -0.496 e. The van der Waals surface area contributed by atoms with Crippen molar-refractivity contribution in [2.75, 3.05) is 13.7 Å². The Balaban J connectivity index is 1.65. The topological polar surface area (TPSA) is 69.2 Å². The van der Waals surface area contributed by atoms with Gasteiger partial charge in [-0.2, -0.15) is 5.10 Å². The third-order valence-corrected chi connectivity index (χ3v) is 5.79. The van der Waals surface area contributed by atoms with Gasteiger partial charge >= 0.3 is 0 Å².